The van der Waals surface area contributed by atoms with Crippen molar-refractivity contribution >= 4 is 22.5 Å². The molecule has 2 amide bonds. The third-order valence-corrected chi connectivity index (χ3v) is 4.71. The highest BCUT2D eigenvalue weighted by atomic mass is 32.1. The van der Waals surface area contributed by atoms with Crippen molar-refractivity contribution < 1.29 is 4.79 Å². The summed E-state index contributed by atoms with van der Waals surface area (Å²) in [6, 6.07) is -0.205. The lowest BCUT2D eigenvalue weighted by molar-refractivity contribution is 0.224. The van der Waals surface area contributed by atoms with E-state index in [9.17, 15) is 4.79 Å². The van der Waals surface area contributed by atoms with E-state index in [1.807, 2.05) is 0 Å². The van der Waals surface area contributed by atoms with Gasteiger partial charge in [-0.1, -0.05) is 38.5 Å². The van der Waals surface area contributed by atoms with E-state index < -0.39 is 0 Å². The van der Waals surface area contributed by atoms with E-state index in [-0.39, 0.29) is 11.4 Å². The van der Waals surface area contributed by atoms with Crippen LogP contribution < -0.4 is 10.6 Å². The molecule has 7 heteroatoms. The molecule has 2 rings (SSSR count). The Balaban J connectivity index is 1.70. The van der Waals surface area contributed by atoms with Crippen molar-refractivity contribution in [1.82, 2.24) is 20.4 Å². The number of carbonyl (C=O) groups is 1. The minimum absolute atomic E-state index is 0.0394. The number of aromatic nitrogens is 2. The number of piperidine rings is 1. The van der Waals surface area contributed by atoms with Crippen LogP contribution in [0.2, 0.25) is 0 Å². The largest absolute Gasteiger partial charge is 0.337 e. The second-order valence-electron chi connectivity index (χ2n) is 6.45. The fourth-order valence-corrected chi connectivity index (χ4v) is 3.03. The third kappa shape index (κ3) is 5.24. The number of hydrogen-bond acceptors (Lipinski definition) is 5. The highest BCUT2D eigenvalue weighted by Crippen LogP contribution is 2.27. The summed E-state index contributed by atoms with van der Waals surface area (Å²) < 4.78 is 0. The molecule has 1 saturated heterocycles. The van der Waals surface area contributed by atoms with E-state index in [0.717, 1.165) is 24.6 Å². The predicted molar refractivity (Wildman–Crippen MR) is 85.9 cm³/mol. The summed E-state index contributed by atoms with van der Waals surface area (Å²) in [7, 11) is 0. The lowest BCUT2D eigenvalue weighted by Crippen LogP contribution is -2.39. The van der Waals surface area contributed by atoms with Crippen molar-refractivity contribution in [1.29, 1.82) is 0 Å². The van der Waals surface area contributed by atoms with Gasteiger partial charge in [-0.3, -0.25) is 5.32 Å². The standard InChI is InChI=1S/C14H25N5OS/c1-14(2,3)11-17-18-13(21-11)16-12(20)15-7-10-19-8-5-4-6-9-19/h4-10H2,1-3H3,(H2,15,16,18,20). The van der Waals surface area contributed by atoms with E-state index in [4.69, 9.17) is 0 Å². The molecule has 1 aliphatic heterocycles. The van der Waals surface area contributed by atoms with Crippen molar-refractivity contribution in [2.75, 3.05) is 31.5 Å². The Kier molecular flexibility index (Phi) is 5.52. The van der Waals surface area contributed by atoms with Gasteiger partial charge >= 0.3 is 6.03 Å². The molecule has 118 valence electrons. The Bertz CT molecular complexity index is 462. The minimum atomic E-state index is -0.205. The van der Waals surface area contributed by atoms with Crippen molar-refractivity contribution in [2.24, 2.45) is 0 Å². The lowest BCUT2D eigenvalue weighted by atomic mass is 9.98. The Morgan fingerprint density at radius 2 is 1.95 bits per heavy atom. The Labute approximate surface area is 130 Å². The molecule has 1 aromatic heterocycles. The number of rotatable bonds is 4. The van der Waals surface area contributed by atoms with E-state index in [1.165, 1.54) is 30.6 Å². The molecule has 2 N–H and O–H groups in total. The maximum Gasteiger partial charge on any atom is 0.321 e. The first kappa shape index (κ1) is 16.2. The van der Waals surface area contributed by atoms with Crippen molar-refractivity contribution in [3.63, 3.8) is 0 Å². The van der Waals surface area contributed by atoms with Gasteiger partial charge in [0.25, 0.3) is 0 Å². The molecule has 1 aliphatic rings. The fourth-order valence-electron chi connectivity index (χ4n) is 2.23. The summed E-state index contributed by atoms with van der Waals surface area (Å²) in [5.74, 6) is 0. The van der Waals surface area contributed by atoms with E-state index in [1.54, 1.807) is 0 Å². The van der Waals surface area contributed by atoms with Gasteiger partial charge in [0.2, 0.25) is 5.13 Å². The van der Waals surface area contributed by atoms with Crippen LogP contribution in [0.1, 0.15) is 45.0 Å². The van der Waals surface area contributed by atoms with Crippen LogP contribution in [0.5, 0.6) is 0 Å². The van der Waals surface area contributed by atoms with Crippen LogP contribution >= 0.6 is 11.3 Å². The summed E-state index contributed by atoms with van der Waals surface area (Å²) in [4.78, 5) is 14.2. The van der Waals surface area contributed by atoms with Gasteiger partial charge in [0.05, 0.1) is 0 Å². The molecular weight excluding hydrogens is 286 g/mol. The van der Waals surface area contributed by atoms with E-state index in [0.29, 0.717) is 11.7 Å². The normalized spacial score (nSPS) is 16.7. The molecule has 0 spiro atoms. The second-order valence-corrected chi connectivity index (χ2v) is 7.42. The quantitative estimate of drug-likeness (QED) is 0.896. The molecule has 0 unspecified atom stereocenters. The van der Waals surface area contributed by atoms with Crippen LogP contribution in [-0.2, 0) is 5.41 Å². The molecule has 0 aromatic carbocycles. The number of nitrogens with one attached hydrogen (secondary N) is 2. The highest BCUT2D eigenvalue weighted by Gasteiger charge is 2.20. The Hall–Kier alpha value is -1.21. The average Bonchev–Trinajstić information content (AvgIpc) is 2.88. The Morgan fingerprint density at radius 1 is 1.24 bits per heavy atom. The van der Waals surface area contributed by atoms with Crippen LogP contribution in [0.25, 0.3) is 0 Å². The molecule has 0 radical (unpaired) electrons. The molecular formula is C14H25N5OS. The van der Waals surface area contributed by atoms with Gasteiger partial charge in [0, 0.05) is 18.5 Å². The summed E-state index contributed by atoms with van der Waals surface area (Å²) in [6.07, 6.45) is 3.87. The zero-order chi connectivity index (χ0) is 15.3. The van der Waals surface area contributed by atoms with Crippen LogP contribution in [0.15, 0.2) is 0 Å². The zero-order valence-electron chi connectivity index (χ0n) is 13.1. The molecule has 1 fully saturated rings. The molecule has 6 nitrogen and oxygen atoms in total. The number of nitrogens with zero attached hydrogens (tertiary/aromatic N) is 3. The van der Waals surface area contributed by atoms with Crippen molar-refractivity contribution in [2.45, 2.75) is 45.4 Å². The molecule has 0 aliphatic carbocycles. The van der Waals surface area contributed by atoms with Gasteiger partial charge in [0.15, 0.2) is 0 Å². The smallest absolute Gasteiger partial charge is 0.321 e. The maximum absolute atomic E-state index is 11.8. The number of anilines is 1. The van der Waals surface area contributed by atoms with Gasteiger partial charge in [-0.05, 0) is 25.9 Å². The lowest BCUT2D eigenvalue weighted by Gasteiger charge is -2.26. The number of likely N-dealkylation sites (tertiary alicyclic amines) is 1. The Morgan fingerprint density at radius 3 is 2.57 bits per heavy atom. The van der Waals surface area contributed by atoms with Gasteiger partial charge in [-0.15, -0.1) is 10.2 Å². The first-order chi connectivity index (χ1) is 9.95. The van der Waals surface area contributed by atoms with Gasteiger partial charge in [-0.25, -0.2) is 4.79 Å². The maximum atomic E-state index is 11.8. The summed E-state index contributed by atoms with van der Waals surface area (Å²) >= 11 is 1.43. The van der Waals surface area contributed by atoms with Crippen LogP contribution in [0, 0.1) is 0 Å². The van der Waals surface area contributed by atoms with Gasteiger partial charge in [0.1, 0.15) is 5.01 Å². The molecule has 21 heavy (non-hydrogen) atoms. The summed E-state index contributed by atoms with van der Waals surface area (Å²) in [5, 5.41) is 15.2. The highest BCUT2D eigenvalue weighted by molar-refractivity contribution is 7.15. The monoisotopic (exact) mass is 311 g/mol. The number of amides is 2. The molecule has 2 heterocycles. The second kappa shape index (κ2) is 7.17. The van der Waals surface area contributed by atoms with E-state index >= 15 is 0 Å². The third-order valence-electron chi connectivity index (χ3n) is 3.45. The topological polar surface area (TPSA) is 70.1 Å². The number of carbonyl (C=O) groups excluding carboxylic acids is 1. The van der Waals surface area contributed by atoms with Gasteiger partial charge < -0.3 is 10.2 Å². The average molecular weight is 311 g/mol. The molecule has 0 atom stereocenters. The van der Waals surface area contributed by atoms with Crippen LogP contribution in [-0.4, -0.2) is 47.3 Å². The van der Waals surface area contributed by atoms with Gasteiger partial charge in [-0.2, -0.15) is 0 Å². The first-order valence-electron chi connectivity index (χ1n) is 7.56. The number of hydrogen-bond donors (Lipinski definition) is 2. The fraction of sp³-hybridized carbons (Fsp3) is 0.786. The van der Waals surface area contributed by atoms with E-state index in [2.05, 4.69) is 46.5 Å². The van der Waals surface area contributed by atoms with Crippen LogP contribution in [0.4, 0.5) is 9.93 Å². The summed E-state index contributed by atoms with van der Waals surface area (Å²) in [5.41, 5.74) is -0.0394. The zero-order valence-corrected chi connectivity index (χ0v) is 13.9. The van der Waals surface area contributed by atoms with Crippen LogP contribution in [0.3, 0.4) is 0 Å². The SMILES string of the molecule is CC(C)(C)c1nnc(NC(=O)NCCN2CCCCC2)s1. The minimum Gasteiger partial charge on any atom is -0.337 e. The molecule has 0 bridgehead atoms. The van der Waals surface area contributed by atoms with Crippen molar-refractivity contribution in [3.8, 4) is 0 Å². The molecule has 0 saturated carbocycles. The van der Waals surface area contributed by atoms with Crippen molar-refractivity contribution in [3.05, 3.63) is 5.01 Å². The predicted octanol–water partition coefficient (Wildman–Crippen LogP) is 2.44. The number of urea groups is 1. The first-order valence-corrected chi connectivity index (χ1v) is 8.38. The molecule has 1 aromatic rings. The summed E-state index contributed by atoms with van der Waals surface area (Å²) in [6.45, 7) is 10.1.